The quantitative estimate of drug-likeness (QED) is 0.0600. The maximum atomic E-state index is 3.96. The number of allylic oxidation sites excluding steroid dienone is 4. The van der Waals surface area contributed by atoms with Crippen LogP contribution < -0.4 is 0 Å². The van der Waals surface area contributed by atoms with Crippen molar-refractivity contribution < 1.29 is 0 Å². The topological polar surface area (TPSA) is 0 Å². The van der Waals surface area contributed by atoms with E-state index < -0.39 is 0 Å². The molecule has 38 heavy (non-hydrogen) atoms. The molecule has 0 rings (SSSR count). The molecule has 0 heteroatoms. The van der Waals surface area contributed by atoms with Crippen LogP contribution in [0, 0.1) is 6.92 Å². The second-order valence-corrected chi connectivity index (χ2v) is 12.2. The highest BCUT2D eigenvalue weighted by Gasteiger charge is 1.99. The smallest absolute Gasteiger partial charge is 0.0139 e. The van der Waals surface area contributed by atoms with E-state index in [0.717, 1.165) is 6.42 Å². The van der Waals surface area contributed by atoms with Gasteiger partial charge in [0.1, 0.15) is 0 Å². The van der Waals surface area contributed by atoms with Crippen LogP contribution in [-0.2, 0) is 0 Å². The highest BCUT2D eigenvalue weighted by atomic mass is 14.1. The van der Waals surface area contributed by atoms with E-state index in [4.69, 9.17) is 0 Å². The Balaban J connectivity index is 3.73. The zero-order chi connectivity index (χ0) is 27.6. The number of rotatable bonds is 32. The Hall–Kier alpha value is -0.520. The van der Waals surface area contributed by atoms with Crippen LogP contribution in [-0.4, -0.2) is 0 Å². The Morgan fingerprint density at radius 3 is 1.32 bits per heavy atom. The minimum Gasteiger partial charge on any atom is -0.0882 e. The van der Waals surface area contributed by atoms with Crippen molar-refractivity contribution in [2.75, 3.05) is 0 Å². The normalized spacial score (nSPS) is 12.2. The number of hydrogen-bond donors (Lipinski definition) is 0. The lowest BCUT2D eigenvalue weighted by molar-refractivity contribution is 0.525. The van der Waals surface area contributed by atoms with Gasteiger partial charge >= 0.3 is 0 Å². The first-order valence-electron chi connectivity index (χ1n) is 18.0. The van der Waals surface area contributed by atoms with Gasteiger partial charge in [0.2, 0.25) is 0 Å². The number of hydrogen-bond acceptors (Lipinski definition) is 0. The summed E-state index contributed by atoms with van der Waals surface area (Å²) in [5.41, 5.74) is 1.71. The van der Waals surface area contributed by atoms with Crippen LogP contribution in [0.1, 0.15) is 213 Å². The fourth-order valence-corrected chi connectivity index (χ4v) is 5.56. The van der Waals surface area contributed by atoms with Gasteiger partial charge in [-0.25, -0.2) is 0 Å². The molecule has 0 aliphatic rings. The number of unbranched alkanes of at least 4 members (excludes halogenated alkanes) is 26. The SMILES string of the molecule is [CH2]CCCCCCCC=C(CC=CCCCCC)CCCCCCCCCCCCCCCCCCCC. The van der Waals surface area contributed by atoms with Gasteiger partial charge in [0.25, 0.3) is 0 Å². The Labute approximate surface area is 243 Å². The molecule has 0 aliphatic carbocycles. The lowest BCUT2D eigenvalue weighted by Gasteiger charge is -2.07. The maximum absolute atomic E-state index is 3.96. The Morgan fingerprint density at radius 2 is 0.816 bits per heavy atom. The van der Waals surface area contributed by atoms with E-state index in [1.54, 1.807) is 5.57 Å². The average molecular weight is 530 g/mol. The predicted molar refractivity (Wildman–Crippen MR) is 177 cm³/mol. The molecule has 0 spiro atoms. The van der Waals surface area contributed by atoms with Crippen molar-refractivity contribution >= 4 is 0 Å². The molecule has 0 aromatic rings. The first-order valence-corrected chi connectivity index (χ1v) is 18.0. The molecule has 0 heterocycles. The van der Waals surface area contributed by atoms with E-state index >= 15 is 0 Å². The molecule has 0 amide bonds. The van der Waals surface area contributed by atoms with Gasteiger partial charge in [0.15, 0.2) is 0 Å². The van der Waals surface area contributed by atoms with Crippen molar-refractivity contribution in [3.05, 3.63) is 30.7 Å². The van der Waals surface area contributed by atoms with E-state index in [1.807, 2.05) is 0 Å². The molecule has 0 aromatic heterocycles. The van der Waals surface area contributed by atoms with Crippen LogP contribution in [0.2, 0.25) is 0 Å². The van der Waals surface area contributed by atoms with Crippen molar-refractivity contribution in [3.63, 3.8) is 0 Å². The van der Waals surface area contributed by atoms with Crippen molar-refractivity contribution in [1.29, 1.82) is 0 Å². The van der Waals surface area contributed by atoms with E-state index in [0.29, 0.717) is 0 Å². The summed E-state index contributed by atoms with van der Waals surface area (Å²) in [7, 11) is 0. The minimum absolute atomic E-state index is 1.11. The summed E-state index contributed by atoms with van der Waals surface area (Å²) in [4.78, 5) is 0. The highest BCUT2D eigenvalue weighted by Crippen LogP contribution is 2.19. The molecule has 1 radical (unpaired) electrons. The molecule has 0 aliphatic heterocycles. The van der Waals surface area contributed by atoms with Crippen molar-refractivity contribution in [1.82, 2.24) is 0 Å². The Bertz CT molecular complexity index is 470. The van der Waals surface area contributed by atoms with Gasteiger partial charge in [0, 0.05) is 0 Å². The van der Waals surface area contributed by atoms with Crippen LogP contribution in [0.3, 0.4) is 0 Å². The van der Waals surface area contributed by atoms with Gasteiger partial charge in [-0.2, -0.15) is 0 Å². The van der Waals surface area contributed by atoms with Crippen molar-refractivity contribution in [3.8, 4) is 0 Å². The zero-order valence-electron chi connectivity index (χ0n) is 26.9. The van der Waals surface area contributed by atoms with Gasteiger partial charge < -0.3 is 0 Å². The van der Waals surface area contributed by atoms with Crippen molar-refractivity contribution in [2.24, 2.45) is 0 Å². The summed E-state index contributed by atoms with van der Waals surface area (Å²) in [6.07, 6.45) is 50.9. The predicted octanol–water partition coefficient (Wildman–Crippen LogP) is 14.4. The molecule has 225 valence electrons. The molecule has 0 atom stereocenters. The van der Waals surface area contributed by atoms with E-state index in [9.17, 15) is 0 Å². The van der Waals surface area contributed by atoms with E-state index in [1.165, 1.54) is 193 Å². The lowest BCUT2D eigenvalue weighted by atomic mass is 9.99. The lowest BCUT2D eigenvalue weighted by Crippen LogP contribution is -1.87. The summed E-state index contributed by atoms with van der Waals surface area (Å²) in [5.74, 6) is 0. The molecule has 0 saturated carbocycles. The monoisotopic (exact) mass is 530 g/mol. The van der Waals surface area contributed by atoms with Crippen LogP contribution in [0.4, 0.5) is 0 Å². The first kappa shape index (κ1) is 37.5. The van der Waals surface area contributed by atoms with Gasteiger partial charge in [-0.05, 0) is 44.9 Å². The molecule has 0 aromatic carbocycles. The third-order valence-electron chi connectivity index (χ3n) is 8.26. The zero-order valence-corrected chi connectivity index (χ0v) is 26.9. The Morgan fingerprint density at radius 1 is 0.421 bits per heavy atom. The molecule has 0 bridgehead atoms. The summed E-state index contributed by atoms with van der Waals surface area (Å²) >= 11 is 0. The van der Waals surface area contributed by atoms with Crippen LogP contribution >= 0.6 is 0 Å². The molecule has 0 fully saturated rings. The molecule has 0 saturated heterocycles. The molecular weight excluding hydrogens is 456 g/mol. The maximum Gasteiger partial charge on any atom is -0.0139 e. The highest BCUT2D eigenvalue weighted by molar-refractivity contribution is 5.07. The Kier molecular flexibility index (Phi) is 34.0. The summed E-state index contributed by atoms with van der Waals surface area (Å²) in [6, 6.07) is 0. The summed E-state index contributed by atoms with van der Waals surface area (Å²) in [5, 5.41) is 0. The molecule has 0 unspecified atom stereocenters. The van der Waals surface area contributed by atoms with E-state index in [2.05, 4.69) is 39.0 Å². The van der Waals surface area contributed by atoms with E-state index in [-0.39, 0.29) is 0 Å². The third-order valence-corrected chi connectivity index (χ3v) is 8.26. The average Bonchev–Trinajstić information content (AvgIpc) is 2.93. The van der Waals surface area contributed by atoms with Gasteiger partial charge in [-0.1, -0.05) is 199 Å². The van der Waals surface area contributed by atoms with Crippen LogP contribution in [0.5, 0.6) is 0 Å². The standard InChI is InChI=1S/C38H73/c1-4-7-10-13-16-17-18-19-20-21-22-23-24-25-26-28-31-34-37-38(35-32-29-15-12-9-6-3)36-33-30-27-14-11-8-5-2/h29,32,36H,2,4-28,30-31,33-35,37H2,1,3H3. The van der Waals surface area contributed by atoms with Crippen LogP contribution in [0.15, 0.2) is 23.8 Å². The van der Waals surface area contributed by atoms with Gasteiger partial charge in [-0.15, -0.1) is 0 Å². The molecule has 0 nitrogen and oxygen atoms in total. The van der Waals surface area contributed by atoms with Crippen molar-refractivity contribution in [2.45, 2.75) is 213 Å². The van der Waals surface area contributed by atoms with Crippen LogP contribution in [0.25, 0.3) is 0 Å². The fraction of sp³-hybridized carbons (Fsp3) is 0.868. The minimum atomic E-state index is 1.11. The summed E-state index contributed by atoms with van der Waals surface area (Å²) in [6.45, 7) is 8.57. The molecule has 0 N–H and O–H groups in total. The fourth-order valence-electron chi connectivity index (χ4n) is 5.56. The first-order chi connectivity index (χ1) is 18.8. The third kappa shape index (κ3) is 31.7. The second-order valence-electron chi connectivity index (χ2n) is 12.2. The largest absolute Gasteiger partial charge is 0.0882 e. The molecular formula is C38H73. The van der Waals surface area contributed by atoms with Gasteiger partial charge in [0.05, 0.1) is 0 Å². The second kappa shape index (κ2) is 34.5. The summed E-state index contributed by atoms with van der Waals surface area (Å²) < 4.78 is 0. The van der Waals surface area contributed by atoms with Gasteiger partial charge in [-0.3, -0.25) is 0 Å².